The SMILES string of the molecule is CC(C)(CO)NS(=O)(=O)c1cc2c(cc1Br)NC(=O)C2. The van der Waals surface area contributed by atoms with Crippen LogP contribution in [0.1, 0.15) is 19.4 Å². The Morgan fingerprint density at radius 3 is 2.70 bits per heavy atom. The van der Waals surface area contributed by atoms with E-state index in [9.17, 15) is 13.2 Å². The molecule has 1 aromatic rings. The molecule has 0 fully saturated rings. The fourth-order valence-corrected chi connectivity index (χ4v) is 4.38. The first kappa shape index (κ1) is 15.4. The topological polar surface area (TPSA) is 95.5 Å². The zero-order chi connectivity index (χ0) is 15.1. The van der Waals surface area contributed by atoms with Crippen LogP contribution in [0.15, 0.2) is 21.5 Å². The smallest absolute Gasteiger partial charge is 0.242 e. The van der Waals surface area contributed by atoms with Gasteiger partial charge in [0.25, 0.3) is 0 Å². The molecule has 1 aliphatic heterocycles. The second kappa shape index (κ2) is 5.10. The lowest BCUT2D eigenvalue weighted by Gasteiger charge is -2.23. The van der Waals surface area contributed by atoms with Crippen LogP contribution in [0.3, 0.4) is 0 Å². The average molecular weight is 363 g/mol. The Labute approximate surface area is 125 Å². The van der Waals surface area contributed by atoms with Crippen molar-refractivity contribution in [2.75, 3.05) is 11.9 Å². The van der Waals surface area contributed by atoms with Crippen LogP contribution >= 0.6 is 15.9 Å². The normalized spacial score (nSPS) is 15.1. The largest absolute Gasteiger partial charge is 0.394 e. The number of carbonyl (C=O) groups is 1. The van der Waals surface area contributed by atoms with Crippen molar-refractivity contribution in [1.29, 1.82) is 0 Å². The standard InChI is InChI=1S/C12H15BrN2O4S/c1-12(2,6-16)15-20(18,19)10-3-7-4-11(17)14-9(7)5-8(10)13/h3,5,15-16H,4,6H2,1-2H3,(H,14,17). The van der Waals surface area contributed by atoms with Crippen molar-refractivity contribution < 1.29 is 18.3 Å². The lowest BCUT2D eigenvalue weighted by atomic mass is 10.1. The van der Waals surface area contributed by atoms with Crippen molar-refractivity contribution in [2.24, 2.45) is 0 Å². The van der Waals surface area contributed by atoms with E-state index in [4.69, 9.17) is 5.11 Å². The number of sulfonamides is 1. The minimum Gasteiger partial charge on any atom is -0.394 e. The third-order valence-corrected chi connectivity index (χ3v) is 5.53. The van der Waals surface area contributed by atoms with Crippen molar-refractivity contribution >= 4 is 37.5 Å². The van der Waals surface area contributed by atoms with Crippen molar-refractivity contribution in [3.8, 4) is 0 Å². The van der Waals surface area contributed by atoms with Gasteiger partial charge in [-0.3, -0.25) is 4.79 Å². The molecule has 1 aliphatic rings. The molecule has 0 bridgehead atoms. The molecule has 0 saturated heterocycles. The molecule has 0 unspecified atom stereocenters. The number of hydrogen-bond acceptors (Lipinski definition) is 4. The van der Waals surface area contributed by atoms with E-state index >= 15 is 0 Å². The highest BCUT2D eigenvalue weighted by Gasteiger charge is 2.29. The van der Waals surface area contributed by atoms with Gasteiger partial charge in [0.1, 0.15) is 0 Å². The molecule has 0 spiro atoms. The summed E-state index contributed by atoms with van der Waals surface area (Å²) in [6.07, 6.45) is 0.161. The van der Waals surface area contributed by atoms with Crippen LogP contribution in [-0.2, 0) is 21.2 Å². The molecule has 0 radical (unpaired) electrons. The van der Waals surface area contributed by atoms with Crippen molar-refractivity contribution in [3.05, 3.63) is 22.2 Å². The Balaban J connectivity index is 2.44. The zero-order valence-electron chi connectivity index (χ0n) is 11.0. The molecule has 0 saturated carbocycles. The van der Waals surface area contributed by atoms with Gasteiger partial charge in [0.05, 0.1) is 23.5 Å². The summed E-state index contributed by atoms with van der Waals surface area (Å²) in [6.45, 7) is 2.84. The second-order valence-corrected chi connectivity index (χ2v) is 7.82. The molecule has 0 atom stereocenters. The quantitative estimate of drug-likeness (QED) is 0.744. The van der Waals surface area contributed by atoms with Crippen LogP contribution in [0, 0.1) is 0 Å². The summed E-state index contributed by atoms with van der Waals surface area (Å²) in [4.78, 5) is 11.4. The lowest BCUT2D eigenvalue weighted by Crippen LogP contribution is -2.46. The van der Waals surface area contributed by atoms with E-state index in [-0.39, 0.29) is 23.8 Å². The summed E-state index contributed by atoms with van der Waals surface area (Å²) in [6, 6.07) is 3.04. The number of hydrogen-bond donors (Lipinski definition) is 3. The van der Waals surface area contributed by atoms with Gasteiger partial charge in [0.2, 0.25) is 15.9 Å². The van der Waals surface area contributed by atoms with Gasteiger partial charge >= 0.3 is 0 Å². The summed E-state index contributed by atoms with van der Waals surface area (Å²) >= 11 is 3.20. The maximum absolute atomic E-state index is 12.4. The van der Waals surface area contributed by atoms with E-state index in [2.05, 4.69) is 26.0 Å². The number of fused-ring (bicyclic) bond motifs is 1. The Bertz CT molecular complexity index is 670. The molecular formula is C12H15BrN2O4S. The average Bonchev–Trinajstić information content (AvgIpc) is 2.65. The van der Waals surface area contributed by atoms with E-state index in [1.54, 1.807) is 19.9 Å². The minimum absolute atomic E-state index is 0.0503. The summed E-state index contributed by atoms with van der Waals surface area (Å²) in [5.41, 5.74) is 0.286. The van der Waals surface area contributed by atoms with Crippen LogP contribution in [0.25, 0.3) is 0 Å². The summed E-state index contributed by atoms with van der Waals surface area (Å²) in [5.74, 6) is -0.162. The fourth-order valence-electron chi connectivity index (χ4n) is 1.88. The van der Waals surface area contributed by atoms with Crippen LogP contribution < -0.4 is 10.0 Å². The number of benzene rings is 1. The molecule has 110 valence electrons. The molecule has 1 aromatic carbocycles. The predicted molar refractivity (Wildman–Crippen MR) is 78.0 cm³/mol. The number of rotatable bonds is 4. The monoisotopic (exact) mass is 362 g/mol. The fraction of sp³-hybridized carbons (Fsp3) is 0.417. The molecule has 8 heteroatoms. The number of aliphatic hydroxyl groups excluding tert-OH is 1. The Hall–Kier alpha value is -0.960. The molecule has 0 aromatic heterocycles. The predicted octanol–water partition coefficient (Wildman–Crippen LogP) is 0.993. The molecule has 2 rings (SSSR count). The molecule has 1 heterocycles. The van der Waals surface area contributed by atoms with Gasteiger partial charge in [-0.1, -0.05) is 0 Å². The molecule has 0 aliphatic carbocycles. The number of amides is 1. The minimum atomic E-state index is -3.80. The van der Waals surface area contributed by atoms with Crippen LogP contribution in [0.2, 0.25) is 0 Å². The maximum atomic E-state index is 12.4. The molecule has 1 amide bonds. The van der Waals surface area contributed by atoms with E-state index in [1.807, 2.05) is 0 Å². The van der Waals surface area contributed by atoms with Gasteiger partial charge in [-0.2, -0.15) is 0 Å². The van der Waals surface area contributed by atoms with Gasteiger partial charge in [-0.15, -0.1) is 0 Å². The molecule has 20 heavy (non-hydrogen) atoms. The summed E-state index contributed by atoms with van der Waals surface area (Å²) in [5, 5.41) is 11.8. The van der Waals surface area contributed by atoms with Gasteiger partial charge in [-0.05, 0) is 47.5 Å². The Kier molecular flexibility index (Phi) is 3.94. The third kappa shape index (κ3) is 3.03. The van der Waals surface area contributed by atoms with Gasteiger partial charge in [0, 0.05) is 10.2 Å². The highest BCUT2D eigenvalue weighted by Crippen LogP contribution is 2.32. The Morgan fingerprint density at radius 1 is 1.45 bits per heavy atom. The molecule has 3 N–H and O–H groups in total. The first-order valence-corrected chi connectivity index (χ1v) is 8.19. The highest BCUT2D eigenvalue weighted by atomic mass is 79.9. The third-order valence-electron chi connectivity index (χ3n) is 2.88. The number of halogens is 1. The van der Waals surface area contributed by atoms with Crippen LogP contribution in [0.5, 0.6) is 0 Å². The van der Waals surface area contributed by atoms with Crippen molar-refractivity contribution in [1.82, 2.24) is 4.72 Å². The maximum Gasteiger partial charge on any atom is 0.242 e. The van der Waals surface area contributed by atoms with Crippen LogP contribution in [-0.4, -0.2) is 31.6 Å². The van der Waals surface area contributed by atoms with E-state index < -0.39 is 15.6 Å². The lowest BCUT2D eigenvalue weighted by molar-refractivity contribution is -0.115. The van der Waals surface area contributed by atoms with E-state index in [1.165, 1.54) is 6.07 Å². The second-order valence-electron chi connectivity index (χ2n) is 5.31. The van der Waals surface area contributed by atoms with Gasteiger partial charge in [-0.25, -0.2) is 13.1 Å². The number of carbonyl (C=O) groups excluding carboxylic acids is 1. The number of nitrogens with one attached hydrogen (secondary N) is 2. The zero-order valence-corrected chi connectivity index (χ0v) is 13.4. The van der Waals surface area contributed by atoms with Crippen molar-refractivity contribution in [2.45, 2.75) is 30.7 Å². The first-order chi connectivity index (χ1) is 9.14. The highest BCUT2D eigenvalue weighted by molar-refractivity contribution is 9.10. The first-order valence-electron chi connectivity index (χ1n) is 5.92. The summed E-state index contributed by atoms with van der Waals surface area (Å²) < 4.78 is 27.5. The van der Waals surface area contributed by atoms with Crippen molar-refractivity contribution in [3.63, 3.8) is 0 Å². The van der Waals surface area contributed by atoms with E-state index in [0.717, 1.165) is 0 Å². The molecule has 6 nitrogen and oxygen atoms in total. The number of anilines is 1. The summed E-state index contributed by atoms with van der Waals surface area (Å²) in [7, 11) is -3.80. The number of aliphatic hydroxyl groups is 1. The van der Waals surface area contributed by atoms with Gasteiger partial charge in [0.15, 0.2) is 0 Å². The molecular weight excluding hydrogens is 348 g/mol. The Morgan fingerprint density at radius 2 is 2.10 bits per heavy atom. The van der Waals surface area contributed by atoms with E-state index in [0.29, 0.717) is 15.7 Å². The van der Waals surface area contributed by atoms with Crippen LogP contribution in [0.4, 0.5) is 5.69 Å². The van der Waals surface area contributed by atoms with Gasteiger partial charge < -0.3 is 10.4 Å².